The molecule has 2 heterocycles. The number of halogens is 1. The molecule has 0 aromatic heterocycles. The van der Waals surface area contributed by atoms with Gasteiger partial charge in [0.1, 0.15) is 0 Å². The van der Waals surface area contributed by atoms with Gasteiger partial charge in [0.25, 0.3) is 0 Å². The van der Waals surface area contributed by atoms with Crippen molar-refractivity contribution in [3.05, 3.63) is 0 Å². The Bertz CT molecular complexity index is 466. The smallest absolute Gasteiger partial charge is 0.239 e. The van der Waals surface area contributed by atoms with Gasteiger partial charge >= 0.3 is 0 Å². The summed E-state index contributed by atoms with van der Waals surface area (Å²) in [5, 5.41) is 3.37. The molecular weight excluding hydrogens is 473 g/mol. The van der Waals surface area contributed by atoms with Crippen molar-refractivity contribution in [2.24, 2.45) is 4.99 Å². The monoisotopic (exact) mass is 511 g/mol. The van der Waals surface area contributed by atoms with Crippen LogP contribution in [0.2, 0.25) is 0 Å². The number of rotatable bonds is 9. The minimum atomic E-state index is -0.0287. The molecular formula is C19H38IN5O3. The number of carbonyl (C=O) groups is 1. The highest BCUT2D eigenvalue weighted by molar-refractivity contribution is 14.0. The zero-order valence-corrected chi connectivity index (χ0v) is 20.0. The summed E-state index contributed by atoms with van der Waals surface area (Å²) in [6.45, 7) is 12.8. The molecule has 0 bridgehead atoms. The number of hydrogen-bond acceptors (Lipinski definition) is 5. The Hall–Kier alpha value is -0.650. The van der Waals surface area contributed by atoms with Crippen molar-refractivity contribution in [1.82, 2.24) is 20.0 Å². The SMILES string of the molecule is CCNC(=NCCOCCOC)N1CCN(C(C)C(=O)N2CCCC2)CC1.I. The number of ether oxygens (including phenoxy) is 2. The van der Waals surface area contributed by atoms with Gasteiger partial charge in [-0.25, -0.2) is 0 Å². The summed E-state index contributed by atoms with van der Waals surface area (Å²) >= 11 is 0. The Morgan fingerprint density at radius 3 is 2.32 bits per heavy atom. The Kier molecular flexibility index (Phi) is 13.0. The highest BCUT2D eigenvalue weighted by Crippen LogP contribution is 2.14. The van der Waals surface area contributed by atoms with E-state index in [0.717, 1.165) is 64.6 Å². The minimum absolute atomic E-state index is 0. The van der Waals surface area contributed by atoms with E-state index in [1.807, 2.05) is 11.8 Å². The fourth-order valence-corrected chi connectivity index (χ4v) is 3.57. The average molecular weight is 511 g/mol. The number of carbonyl (C=O) groups excluding carboxylic acids is 1. The fraction of sp³-hybridized carbons (Fsp3) is 0.895. The maximum absolute atomic E-state index is 12.6. The quantitative estimate of drug-likeness (QED) is 0.215. The zero-order valence-electron chi connectivity index (χ0n) is 17.7. The second-order valence-electron chi connectivity index (χ2n) is 7.07. The predicted molar refractivity (Wildman–Crippen MR) is 123 cm³/mol. The first-order valence-corrected chi connectivity index (χ1v) is 10.3. The molecule has 0 aromatic carbocycles. The van der Waals surface area contributed by atoms with Crippen LogP contribution in [-0.4, -0.2) is 112 Å². The zero-order chi connectivity index (χ0) is 19.5. The van der Waals surface area contributed by atoms with Gasteiger partial charge in [0.2, 0.25) is 5.91 Å². The van der Waals surface area contributed by atoms with Gasteiger partial charge in [-0.3, -0.25) is 14.7 Å². The molecule has 28 heavy (non-hydrogen) atoms. The molecule has 2 saturated heterocycles. The van der Waals surface area contributed by atoms with Gasteiger partial charge < -0.3 is 24.6 Å². The standard InChI is InChI=1S/C19H37N5O3.HI/c1-4-20-19(21-7-14-27-16-15-26-3)24-12-10-22(11-13-24)17(2)18(25)23-8-5-6-9-23;/h17H,4-16H2,1-3H3,(H,20,21);1H. The van der Waals surface area contributed by atoms with E-state index < -0.39 is 0 Å². The van der Waals surface area contributed by atoms with Gasteiger partial charge in [0.15, 0.2) is 5.96 Å². The summed E-state index contributed by atoms with van der Waals surface area (Å²) in [6, 6.07) is -0.0287. The number of amides is 1. The predicted octanol–water partition coefficient (Wildman–Crippen LogP) is 0.861. The molecule has 2 aliphatic heterocycles. The molecule has 2 fully saturated rings. The number of aliphatic imine (C=N–C) groups is 1. The maximum atomic E-state index is 12.6. The average Bonchev–Trinajstić information content (AvgIpc) is 3.23. The highest BCUT2D eigenvalue weighted by atomic mass is 127. The molecule has 1 unspecified atom stereocenters. The fourth-order valence-electron chi connectivity index (χ4n) is 3.57. The molecule has 0 spiro atoms. The van der Waals surface area contributed by atoms with Crippen molar-refractivity contribution in [1.29, 1.82) is 0 Å². The number of nitrogens with zero attached hydrogens (tertiary/aromatic N) is 4. The van der Waals surface area contributed by atoms with E-state index in [1.54, 1.807) is 7.11 Å². The van der Waals surface area contributed by atoms with Gasteiger partial charge in [-0.05, 0) is 26.7 Å². The number of piperazine rings is 1. The third-order valence-corrected chi connectivity index (χ3v) is 5.20. The van der Waals surface area contributed by atoms with Crippen LogP contribution in [0.3, 0.4) is 0 Å². The number of hydrogen-bond donors (Lipinski definition) is 1. The summed E-state index contributed by atoms with van der Waals surface area (Å²) < 4.78 is 10.5. The van der Waals surface area contributed by atoms with Crippen LogP contribution in [0.5, 0.6) is 0 Å². The largest absolute Gasteiger partial charge is 0.382 e. The third kappa shape index (κ3) is 8.00. The van der Waals surface area contributed by atoms with Gasteiger partial charge in [0, 0.05) is 52.9 Å². The van der Waals surface area contributed by atoms with Crippen LogP contribution in [0, 0.1) is 0 Å². The van der Waals surface area contributed by atoms with Crippen LogP contribution < -0.4 is 5.32 Å². The van der Waals surface area contributed by atoms with E-state index in [-0.39, 0.29) is 35.9 Å². The molecule has 0 aliphatic carbocycles. The topological polar surface area (TPSA) is 69.6 Å². The van der Waals surface area contributed by atoms with Gasteiger partial charge in [0.05, 0.1) is 32.4 Å². The van der Waals surface area contributed by atoms with Crippen LogP contribution in [-0.2, 0) is 14.3 Å². The highest BCUT2D eigenvalue weighted by Gasteiger charge is 2.30. The van der Waals surface area contributed by atoms with Crippen molar-refractivity contribution < 1.29 is 14.3 Å². The Balaban J connectivity index is 0.00000392. The Morgan fingerprint density at radius 2 is 1.71 bits per heavy atom. The van der Waals surface area contributed by atoms with Crippen LogP contribution in [0.1, 0.15) is 26.7 Å². The van der Waals surface area contributed by atoms with Gasteiger partial charge in [-0.1, -0.05) is 0 Å². The molecule has 1 N–H and O–H groups in total. The van der Waals surface area contributed by atoms with E-state index in [2.05, 4.69) is 27.0 Å². The normalized spacial score (nSPS) is 19.5. The Morgan fingerprint density at radius 1 is 1.04 bits per heavy atom. The van der Waals surface area contributed by atoms with Crippen LogP contribution in [0.15, 0.2) is 4.99 Å². The van der Waals surface area contributed by atoms with Crippen LogP contribution in [0.4, 0.5) is 0 Å². The molecule has 8 nitrogen and oxygen atoms in total. The molecule has 9 heteroatoms. The third-order valence-electron chi connectivity index (χ3n) is 5.20. The summed E-state index contributed by atoms with van der Waals surface area (Å²) in [5.74, 6) is 1.22. The summed E-state index contributed by atoms with van der Waals surface area (Å²) in [4.78, 5) is 23.9. The molecule has 1 atom stereocenters. The van der Waals surface area contributed by atoms with Crippen molar-refractivity contribution >= 4 is 35.8 Å². The van der Waals surface area contributed by atoms with E-state index >= 15 is 0 Å². The summed E-state index contributed by atoms with van der Waals surface area (Å²) in [5.41, 5.74) is 0. The van der Waals surface area contributed by atoms with E-state index in [0.29, 0.717) is 26.4 Å². The summed E-state index contributed by atoms with van der Waals surface area (Å²) in [6.07, 6.45) is 2.29. The first kappa shape index (κ1) is 25.4. The molecule has 164 valence electrons. The molecule has 0 saturated carbocycles. The number of likely N-dealkylation sites (tertiary alicyclic amines) is 1. The van der Waals surface area contributed by atoms with E-state index in [1.165, 1.54) is 0 Å². The summed E-state index contributed by atoms with van der Waals surface area (Å²) in [7, 11) is 1.67. The molecule has 1 amide bonds. The first-order valence-electron chi connectivity index (χ1n) is 10.3. The van der Waals surface area contributed by atoms with Crippen molar-refractivity contribution in [3.63, 3.8) is 0 Å². The second-order valence-corrected chi connectivity index (χ2v) is 7.07. The second kappa shape index (κ2) is 14.4. The van der Waals surface area contributed by atoms with E-state index in [4.69, 9.17) is 9.47 Å². The van der Waals surface area contributed by atoms with Crippen molar-refractivity contribution in [3.8, 4) is 0 Å². The number of methoxy groups -OCH3 is 1. The molecule has 2 aliphatic rings. The lowest BCUT2D eigenvalue weighted by molar-refractivity contribution is -0.135. The van der Waals surface area contributed by atoms with Crippen LogP contribution in [0.25, 0.3) is 0 Å². The van der Waals surface area contributed by atoms with Gasteiger partial charge in [-0.15, -0.1) is 24.0 Å². The molecule has 0 radical (unpaired) electrons. The van der Waals surface area contributed by atoms with Crippen molar-refractivity contribution in [2.75, 3.05) is 79.3 Å². The lowest BCUT2D eigenvalue weighted by atomic mass is 10.2. The van der Waals surface area contributed by atoms with E-state index in [9.17, 15) is 4.79 Å². The number of nitrogens with one attached hydrogen (secondary N) is 1. The first-order chi connectivity index (χ1) is 13.2. The lowest BCUT2D eigenvalue weighted by Gasteiger charge is -2.39. The minimum Gasteiger partial charge on any atom is -0.382 e. The van der Waals surface area contributed by atoms with Crippen molar-refractivity contribution in [2.45, 2.75) is 32.7 Å². The lowest BCUT2D eigenvalue weighted by Crippen LogP contribution is -2.57. The molecule has 2 rings (SSSR count). The maximum Gasteiger partial charge on any atom is 0.239 e. The Labute approximate surface area is 187 Å². The van der Waals surface area contributed by atoms with Gasteiger partial charge in [-0.2, -0.15) is 0 Å². The molecule has 0 aromatic rings. The number of guanidine groups is 1. The van der Waals surface area contributed by atoms with Crippen LogP contribution >= 0.6 is 24.0 Å².